The second-order valence-electron chi connectivity index (χ2n) is 4.94. The topological polar surface area (TPSA) is 66.6 Å². The van der Waals surface area contributed by atoms with Crippen molar-refractivity contribution >= 4 is 17.3 Å². The van der Waals surface area contributed by atoms with Crippen LogP contribution in [-0.4, -0.2) is 17.6 Å². The molecule has 2 aromatic carbocycles. The van der Waals surface area contributed by atoms with E-state index in [4.69, 9.17) is 5.73 Å². The highest BCUT2D eigenvalue weighted by molar-refractivity contribution is 5.95. The van der Waals surface area contributed by atoms with Crippen molar-refractivity contribution in [3.05, 3.63) is 54.1 Å². The summed E-state index contributed by atoms with van der Waals surface area (Å²) in [6.07, 6.45) is 1.04. The summed E-state index contributed by atoms with van der Waals surface area (Å²) in [7, 11) is 0. The molecule has 110 valence electrons. The van der Waals surface area contributed by atoms with E-state index in [1.165, 1.54) is 0 Å². The fraction of sp³-hybridized carbons (Fsp3) is 0.235. The SMILES string of the molecule is CCCN(C(=O)Cc1ccccc1O)c1ccc(N)cc1. The summed E-state index contributed by atoms with van der Waals surface area (Å²) in [5.74, 6) is 0.114. The number of hydrogen-bond donors (Lipinski definition) is 2. The highest BCUT2D eigenvalue weighted by Gasteiger charge is 2.16. The Morgan fingerprint density at radius 1 is 1.14 bits per heavy atom. The molecular weight excluding hydrogens is 264 g/mol. The second kappa shape index (κ2) is 6.79. The first-order valence-electron chi connectivity index (χ1n) is 7.04. The zero-order chi connectivity index (χ0) is 15.2. The van der Waals surface area contributed by atoms with Gasteiger partial charge in [0.15, 0.2) is 0 Å². The van der Waals surface area contributed by atoms with Gasteiger partial charge in [0.25, 0.3) is 0 Å². The number of nitrogens with zero attached hydrogens (tertiary/aromatic N) is 1. The summed E-state index contributed by atoms with van der Waals surface area (Å²) in [4.78, 5) is 14.3. The minimum atomic E-state index is -0.0388. The summed E-state index contributed by atoms with van der Waals surface area (Å²) in [6.45, 7) is 2.66. The van der Waals surface area contributed by atoms with Gasteiger partial charge in [-0.25, -0.2) is 0 Å². The summed E-state index contributed by atoms with van der Waals surface area (Å²) in [5, 5.41) is 9.79. The number of nitrogens with two attached hydrogens (primary N) is 1. The molecule has 0 aliphatic carbocycles. The maximum atomic E-state index is 12.5. The van der Waals surface area contributed by atoms with Crippen molar-refractivity contribution in [3.63, 3.8) is 0 Å². The zero-order valence-electron chi connectivity index (χ0n) is 12.1. The predicted molar refractivity (Wildman–Crippen MR) is 85.3 cm³/mol. The van der Waals surface area contributed by atoms with E-state index in [-0.39, 0.29) is 18.1 Å². The monoisotopic (exact) mass is 284 g/mol. The van der Waals surface area contributed by atoms with Crippen LogP contribution in [0.5, 0.6) is 5.75 Å². The van der Waals surface area contributed by atoms with Crippen LogP contribution < -0.4 is 10.6 Å². The van der Waals surface area contributed by atoms with Crippen molar-refractivity contribution in [3.8, 4) is 5.75 Å². The molecule has 0 bridgehead atoms. The molecular formula is C17H20N2O2. The maximum Gasteiger partial charge on any atom is 0.231 e. The molecule has 0 atom stereocenters. The van der Waals surface area contributed by atoms with Gasteiger partial charge in [0.1, 0.15) is 5.75 Å². The van der Waals surface area contributed by atoms with Crippen LogP contribution in [-0.2, 0) is 11.2 Å². The molecule has 4 nitrogen and oxygen atoms in total. The molecule has 0 aliphatic rings. The third-order valence-electron chi connectivity index (χ3n) is 3.29. The van der Waals surface area contributed by atoms with Crippen LogP contribution in [0.1, 0.15) is 18.9 Å². The van der Waals surface area contributed by atoms with Crippen molar-refractivity contribution in [1.82, 2.24) is 0 Å². The molecule has 0 aliphatic heterocycles. The second-order valence-corrected chi connectivity index (χ2v) is 4.94. The van der Waals surface area contributed by atoms with Gasteiger partial charge in [0, 0.05) is 23.5 Å². The van der Waals surface area contributed by atoms with Crippen LogP contribution in [0.25, 0.3) is 0 Å². The minimum absolute atomic E-state index is 0.0388. The largest absolute Gasteiger partial charge is 0.508 e. The standard InChI is InChI=1S/C17H20N2O2/c1-2-11-19(15-9-7-14(18)8-10-15)17(21)12-13-5-3-4-6-16(13)20/h3-10,20H,2,11-12,18H2,1H3. The van der Waals surface area contributed by atoms with Crippen molar-refractivity contribution in [2.24, 2.45) is 0 Å². The Morgan fingerprint density at radius 2 is 1.81 bits per heavy atom. The molecule has 2 aromatic rings. The van der Waals surface area contributed by atoms with Gasteiger partial charge in [0.05, 0.1) is 6.42 Å². The number of anilines is 2. The fourth-order valence-corrected chi connectivity index (χ4v) is 2.19. The number of carbonyl (C=O) groups is 1. The lowest BCUT2D eigenvalue weighted by Crippen LogP contribution is -2.33. The number of nitrogen functional groups attached to an aromatic ring is 1. The summed E-state index contributed by atoms with van der Waals surface area (Å²) in [6, 6.07) is 14.2. The van der Waals surface area contributed by atoms with E-state index in [0.717, 1.165) is 12.1 Å². The molecule has 4 heteroatoms. The number of aromatic hydroxyl groups is 1. The smallest absolute Gasteiger partial charge is 0.231 e. The third-order valence-corrected chi connectivity index (χ3v) is 3.29. The Balaban J connectivity index is 2.20. The third kappa shape index (κ3) is 3.75. The van der Waals surface area contributed by atoms with Crippen molar-refractivity contribution in [2.45, 2.75) is 19.8 Å². The number of carbonyl (C=O) groups excluding carboxylic acids is 1. The number of para-hydroxylation sites is 1. The molecule has 0 unspecified atom stereocenters. The average Bonchev–Trinajstić information content (AvgIpc) is 2.48. The lowest BCUT2D eigenvalue weighted by Gasteiger charge is -2.22. The number of hydrogen-bond acceptors (Lipinski definition) is 3. The van der Waals surface area contributed by atoms with Crippen LogP contribution in [0, 0.1) is 0 Å². The Bertz CT molecular complexity index is 608. The van der Waals surface area contributed by atoms with E-state index < -0.39 is 0 Å². The van der Waals surface area contributed by atoms with Gasteiger partial charge in [-0.1, -0.05) is 25.1 Å². The van der Waals surface area contributed by atoms with Gasteiger partial charge in [0.2, 0.25) is 5.91 Å². The van der Waals surface area contributed by atoms with Crippen LogP contribution in [0.4, 0.5) is 11.4 Å². The normalized spacial score (nSPS) is 10.3. The fourth-order valence-electron chi connectivity index (χ4n) is 2.19. The van der Waals surface area contributed by atoms with Gasteiger partial charge in [-0.15, -0.1) is 0 Å². The van der Waals surface area contributed by atoms with Crippen LogP contribution in [0.15, 0.2) is 48.5 Å². The molecule has 3 N–H and O–H groups in total. The zero-order valence-corrected chi connectivity index (χ0v) is 12.1. The van der Waals surface area contributed by atoms with Crippen molar-refractivity contribution in [1.29, 1.82) is 0 Å². The molecule has 0 radical (unpaired) electrons. The number of rotatable bonds is 5. The lowest BCUT2D eigenvalue weighted by molar-refractivity contribution is -0.118. The highest BCUT2D eigenvalue weighted by Crippen LogP contribution is 2.21. The van der Waals surface area contributed by atoms with Crippen molar-refractivity contribution < 1.29 is 9.90 Å². The van der Waals surface area contributed by atoms with E-state index in [2.05, 4.69) is 0 Å². The average molecular weight is 284 g/mol. The van der Waals surface area contributed by atoms with Gasteiger partial charge < -0.3 is 15.7 Å². The molecule has 0 saturated heterocycles. The van der Waals surface area contributed by atoms with Gasteiger partial charge in [-0.3, -0.25) is 4.79 Å². The molecule has 0 heterocycles. The molecule has 0 spiro atoms. The number of amides is 1. The summed E-state index contributed by atoms with van der Waals surface area (Å²) >= 11 is 0. The molecule has 21 heavy (non-hydrogen) atoms. The Hall–Kier alpha value is -2.49. The Kier molecular flexibility index (Phi) is 4.82. The maximum absolute atomic E-state index is 12.5. The van der Waals surface area contributed by atoms with E-state index in [0.29, 0.717) is 17.8 Å². The van der Waals surface area contributed by atoms with Gasteiger partial charge in [-0.2, -0.15) is 0 Å². The van der Waals surface area contributed by atoms with Gasteiger partial charge in [-0.05, 0) is 36.8 Å². The van der Waals surface area contributed by atoms with E-state index in [1.807, 2.05) is 25.1 Å². The Labute approximate surface area is 124 Å². The number of phenols is 1. The number of phenolic OH excluding ortho intramolecular Hbond substituents is 1. The van der Waals surface area contributed by atoms with Gasteiger partial charge >= 0.3 is 0 Å². The van der Waals surface area contributed by atoms with Crippen LogP contribution in [0.2, 0.25) is 0 Å². The first kappa shape index (κ1) is 14.9. The van der Waals surface area contributed by atoms with E-state index in [1.54, 1.807) is 35.2 Å². The molecule has 0 aromatic heterocycles. The first-order valence-corrected chi connectivity index (χ1v) is 7.04. The van der Waals surface area contributed by atoms with Crippen LogP contribution in [0.3, 0.4) is 0 Å². The van der Waals surface area contributed by atoms with E-state index in [9.17, 15) is 9.90 Å². The van der Waals surface area contributed by atoms with Crippen molar-refractivity contribution in [2.75, 3.05) is 17.2 Å². The van der Waals surface area contributed by atoms with Crippen LogP contribution >= 0.6 is 0 Å². The minimum Gasteiger partial charge on any atom is -0.508 e. The Morgan fingerprint density at radius 3 is 2.43 bits per heavy atom. The lowest BCUT2D eigenvalue weighted by atomic mass is 10.1. The highest BCUT2D eigenvalue weighted by atomic mass is 16.3. The number of benzene rings is 2. The quantitative estimate of drug-likeness (QED) is 0.829. The first-order chi connectivity index (χ1) is 10.1. The summed E-state index contributed by atoms with van der Waals surface area (Å²) < 4.78 is 0. The molecule has 1 amide bonds. The molecule has 0 saturated carbocycles. The molecule has 2 rings (SSSR count). The van der Waals surface area contributed by atoms with E-state index >= 15 is 0 Å². The summed E-state index contributed by atoms with van der Waals surface area (Å²) in [5.41, 5.74) is 7.82. The molecule has 0 fully saturated rings. The predicted octanol–water partition coefficient (Wildman–Crippen LogP) is 2.96.